The Morgan fingerprint density at radius 1 is 1.28 bits per heavy atom. The van der Waals surface area contributed by atoms with Gasteiger partial charge in [-0.2, -0.15) is 0 Å². The zero-order valence-corrected chi connectivity index (χ0v) is 10.4. The van der Waals surface area contributed by atoms with Crippen LogP contribution in [0.1, 0.15) is 6.92 Å². The summed E-state index contributed by atoms with van der Waals surface area (Å²) in [6.45, 7) is 4.60. The van der Waals surface area contributed by atoms with Crippen LogP contribution in [0.5, 0.6) is 5.75 Å². The van der Waals surface area contributed by atoms with Crippen LogP contribution >= 0.6 is 0 Å². The largest absolute Gasteiger partial charge is 0.497 e. The van der Waals surface area contributed by atoms with Crippen molar-refractivity contribution >= 4 is 17.6 Å². The van der Waals surface area contributed by atoms with E-state index in [9.17, 15) is 9.59 Å². The van der Waals surface area contributed by atoms with Crippen LogP contribution in [0, 0.1) is 0 Å². The lowest BCUT2D eigenvalue weighted by Crippen LogP contribution is -2.20. The number of rotatable bonds is 5. The van der Waals surface area contributed by atoms with Crippen molar-refractivity contribution in [3.05, 3.63) is 36.4 Å². The van der Waals surface area contributed by atoms with E-state index in [0.717, 1.165) is 0 Å². The van der Waals surface area contributed by atoms with E-state index >= 15 is 0 Å². The third kappa shape index (κ3) is 4.29. The van der Waals surface area contributed by atoms with Crippen LogP contribution in [0.2, 0.25) is 0 Å². The number of anilines is 1. The van der Waals surface area contributed by atoms with Gasteiger partial charge in [-0.05, 0) is 31.2 Å². The van der Waals surface area contributed by atoms with Crippen molar-refractivity contribution in [2.24, 2.45) is 0 Å². The molecule has 1 rings (SSSR count). The summed E-state index contributed by atoms with van der Waals surface area (Å²) in [6, 6.07) is 6.82. The SMILES string of the molecule is C=C(C)C(=O)OCC(=O)Nc1ccc(OC)cc1. The minimum absolute atomic E-state index is 0.257. The highest BCUT2D eigenvalue weighted by atomic mass is 16.5. The fraction of sp³-hybridized carbons (Fsp3) is 0.231. The number of carbonyl (C=O) groups excluding carboxylic acids is 2. The van der Waals surface area contributed by atoms with E-state index in [-0.39, 0.29) is 12.2 Å². The third-order valence-electron chi connectivity index (χ3n) is 2.06. The molecule has 1 N–H and O–H groups in total. The standard InChI is InChI=1S/C13H15NO4/c1-9(2)13(16)18-8-12(15)14-10-4-6-11(17-3)7-5-10/h4-7H,1,8H2,2-3H3,(H,14,15). The van der Waals surface area contributed by atoms with Crippen LogP contribution in [0.25, 0.3) is 0 Å². The number of hydrogen-bond donors (Lipinski definition) is 1. The second-order valence-corrected chi connectivity index (χ2v) is 3.63. The van der Waals surface area contributed by atoms with E-state index in [1.54, 1.807) is 31.4 Å². The van der Waals surface area contributed by atoms with Crippen molar-refractivity contribution in [3.63, 3.8) is 0 Å². The Bertz CT molecular complexity index is 451. The number of ether oxygens (including phenoxy) is 2. The van der Waals surface area contributed by atoms with Crippen LogP contribution in [-0.2, 0) is 14.3 Å². The third-order valence-corrected chi connectivity index (χ3v) is 2.06. The Labute approximate surface area is 105 Å². The smallest absolute Gasteiger partial charge is 0.333 e. The molecule has 0 unspecified atom stereocenters. The van der Waals surface area contributed by atoms with Crippen molar-refractivity contribution in [2.45, 2.75) is 6.92 Å². The van der Waals surface area contributed by atoms with Gasteiger partial charge in [-0.1, -0.05) is 6.58 Å². The van der Waals surface area contributed by atoms with Gasteiger partial charge in [0.05, 0.1) is 7.11 Å². The van der Waals surface area contributed by atoms with Crippen molar-refractivity contribution < 1.29 is 19.1 Å². The molecule has 0 aliphatic rings. The van der Waals surface area contributed by atoms with Gasteiger partial charge < -0.3 is 14.8 Å². The van der Waals surface area contributed by atoms with E-state index in [1.165, 1.54) is 6.92 Å². The Balaban J connectivity index is 2.44. The molecular weight excluding hydrogens is 234 g/mol. The van der Waals surface area contributed by atoms with Crippen molar-refractivity contribution in [3.8, 4) is 5.75 Å². The van der Waals surface area contributed by atoms with Gasteiger partial charge in [-0.15, -0.1) is 0 Å². The van der Waals surface area contributed by atoms with Gasteiger partial charge in [-0.25, -0.2) is 4.79 Å². The molecule has 0 spiro atoms. The highest BCUT2D eigenvalue weighted by Gasteiger charge is 2.08. The second kappa shape index (κ2) is 6.44. The summed E-state index contributed by atoms with van der Waals surface area (Å²) >= 11 is 0. The summed E-state index contributed by atoms with van der Waals surface area (Å²) < 4.78 is 9.69. The average molecular weight is 249 g/mol. The summed E-state index contributed by atoms with van der Waals surface area (Å²) in [5.74, 6) is -0.295. The average Bonchev–Trinajstić information content (AvgIpc) is 2.36. The molecule has 0 fully saturated rings. The van der Waals surface area contributed by atoms with Gasteiger partial charge >= 0.3 is 5.97 Å². The molecule has 1 aromatic rings. The maximum Gasteiger partial charge on any atom is 0.333 e. The van der Waals surface area contributed by atoms with Crippen molar-refractivity contribution in [1.82, 2.24) is 0 Å². The summed E-state index contributed by atoms with van der Waals surface area (Å²) in [4.78, 5) is 22.5. The zero-order valence-electron chi connectivity index (χ0n) is 10.4. The number of nitrogens with one attached hydrogen (secondary N) is 1. The van der Waals surface area contributed by atoms with Crippen molar-refractivity contribution in [1.29, 1.82) is 0 Å². The maximum atomic E-state index is 11.4. The molecule has 0 bridgehead atoms. The molecule has 5 nitrogen and oxygen atoms in total. The highest BCUT2D eigenvalue weighted by molar-refractivity contribution is 5.94. The van der Waals surface area contributed by atoms with Gasteiger partial charge in [0.2, 0.25) is 0 Å². The molecule has 0 saturated heterocycles. The summed E-state index contributed by atoms with van der Waals surface area (Å²) in [6.07, 6.45) is 0. The van der Waals surface area contributed by atoms with Crippen molar-refractivity contribution in [2.75, 3.05) is 19.0 Å². The Morgan fingerprint density at radius 2 is 1.89 bits per heavy atom. The maximum absolute atomic E-state index is 11.4. The van der Waals surface area contributed by atoms with Gasteiger partial charge in [-0.3, -0.25) is 4.79 Å². The molecule has 0 atom stereocenters. The number of benzene rings is 1. The first kappa shape index (κ1) is 13.8. The number of esters is 1. The summed E-state index contributed by atoms with van der Waals surface area (Å²) in [7, 11) is 1.56. The predicted molar refractivity (Wildman–Crippen MR) is 67.4 cm³/mol. The Hall–Kier alpha value is -2.30. The first-order valence-corrected chi connectivity index (χ1v) is 5.29. The lowest BCUT2D eigenvalue weighted by Gasteiger charge is -2.07. The van der Waals surface area contributed by atoms with E-state index in [1.807, 2.05) is 0 Å². The minimum Gasteiger partial charge on any atom is -0.497 e. The van der Waals surface area contributed by atoms with E-state index in [4.69, 9.17) is 9.47 Å². The Morgan fingerprint density at radius 3 is 2.39 bits per heavy atom. The fourth-order valence-electron chi connectivity index (χ4n) is 1.13. The molecule has 0 aromatic heterocycles. The minimum atomic E-state index is -0.583. The molecule has 0 saturated carbocycles. The number of hydrogen-bond acceptors (Lipinski definition) is 4. The molecule has 5 heteroatoms. The predicted octanol–water partition coefficient (Wildman–Crippen LogP) is 1.75. The molecular formula is C13H15NO4. The second-order valence-electron chi connectivity index (χ2n) is 3.63. The van der Waals surface area contributed by atoms with Crippen LogP contribution in [0.4, 0.5) is 5.69 Å². The first-order valence-electron chi connectivity index (χ1n) is 5.29. The molecule has 1 aromatic carbocycles. The van der Waals surface area contributed by atoms with E-state index in [0.29, 0.717) is 11.4 Å². The summed E-state index contributed by atoms with van der Waals surface area (Å²) in [5.41, 5.74) is 0.861. The normalized spacial score (nSPS) is 9.44. The number of carbonyl (C=O) groups is 2. The van der Waals surface area contributed by atoms with Gasteiger partial charge in [0.15, 0.2) is 6.61 Å². The van der Waals surface area contributed by atoms with Crippen LogP contribution in [0.3, 0.4) is 0 Å². The van der Waals surface area contributed by atoms with E-state index < -0.39 is 11.9 Å². The molecule has 0 aliphatic carbocycles. The van der Waals surface area contributed by atoms with Gasteiger partial charge in [0.25, 0.3) is 5.91 Å². The fourth-order valence-corrected chi connectivity index (χ4v) is 1.13. The molecule has 0 aliphatic heterocycles. The van der Waals surface area contributed by atoms with Crippen LogP contribution in [0.15, 0.2) is 36.4 Å². The Kier molecular flexibility index (Phi) is 4.92. The van der Waals surface area contributed by atoms with E-state index in [2.05, 4.69) is 11.9 Å². The molecule has 0 heterocycles. The van der Waals surface area contributed by atoms with Crippen LogP contribution in [-0.4, -0.2) is 25.6 Å². The summed E-state index contributed by atoms with van der Waals surface area (Å²) in [5, 5.41) is 2.59. The molecule has 1 amide bonds. The first-order chi connectivity index (χ1) is 8.52. The zero-order chi connectivity index (χ0) is 13.5. The molecule has 18 heavy (non-hydrogen) atoms. The van der Waals surface area contributed by atoms with Crippen LogP contribution < -0.4 is 10.1 Å². The molecule has 0 radical (unpaired) electrons. The molecule has 96 valence electrons. The quantitative estimate of drug-likeness (QED) is 0.638. The number of amides is 1. The highest BCUT2D eigenvalue weighted by Crippen LogP contribution is 2.14. The monoisotopic (exact) mass is 249 g/mol. The van der Waals surface area contributed by atoms with Gasteiger partial charge in [0, 0.05) is 11.3 Å². The lowest BCUT2D eigenvalue weighted by atomic mass is 10.3. The number of methoxy groups -OCH3 is 1. The van der Waals surface area contributed by atoms with Gasteiger partial charge in [0.1, 0.15) is 5.75 Å². The topological polar surface area (TPSA) is 64.6 Å². The lowest BCUT2D eigenvalue weighted by molar-refractivity contribution is -0.143.